The molecule has 0 radical (unpaired) electrons. The number of carbonyl (C=O) groups excluding carboxylic acids is 3. The molecule has 1 aromatic heterocycles. The third kappa shape index (κ3) is 11.2. The zero-order chi connectivity index (χ0) is 45.3. The monoisotopic (exact) mass is 879 g/mol. The first-order chi connectivity index (χ1) is 31.6. The van der Waals surface area contributed by atoms with E-state index in [1.807, 2.05) is 66.7 Å². The van der Waals surface area contributed by atoms with Gasteiger partial charge in [0.15, 0.2) is 0 Å². The smallest absolute Gasteiger partial charge is 0.408 e. The number of hydrogen-bond donors (Lipinski definition) is 5. The van der Waals surface area contributed by atoms with Crippen LogP contribution in [0.4, 0.5) is 4.79 Å². The molecule has 3 aliphatic heterocycles. The number of aliphatic hydroxyl groups excluding tert-OH is 1. The van der Waals surface area contributed by atoms with Crippen molar-refractivity contribution < 1.29 is 38.8 Å². The maximum Gasteiger partial charge on any atom is 0.408 e. The summed E-state index contributed by atoms with van der Waals surface area (Å²) in [6.07, 6.45) is 0.678. The first kappa shape index (κ1) is 44.6. The summed E-state index contributed by atoms with van der Waals surface area (Å²) >= 11 is 0. The highest BCUT2D eigenvalue weighted by molar-refractivity contribution is 5.94. The van der Waals surface area contributed by atoms with Crippen molar-refractivity contribution in [2.24, 2.45) is 5.92 Å². The number of aromatic hydroxyl groups is 1. The Hall–Kier alpha value is -7.00. The number of phenols is 1. The number of aliphatic hydroxyl groups is 1. The van der Waals surface area contributed by atoms with Gasteiger partial charge in [0, 0.05) is 43.7 Å². The number of aromatic amines is 1. The van der Waals surface area contributed by atoms with Gasteiger partial charge in [0.25, 0.3) is 5.91 Å². The van der Waals surface area contributed by atoms with Gasteiger partial charge in [0.05, 0.1) is 29.8 Å². The summed E-state index contributed by atoms with van der Waals surface area (Å²) in [6, 6.07) is 37.0. The summed E-state index contributed by atoms with van der Waals surface area (Å²) in [6.45, 7) is 4.01. The number of H-pyrrole nitrogens is 1. The fourth-order valence-corrected chi connectivity index (χ4v) is 8.48. The summed E-state index contributed by atoms with van der Waals surface area (Å²) in [5, 5.41) is 27.8. The van der Waals surface area contributed by atoms with Gasteiger partial charge in [-0.25, -0.2) is 9.59 Å². The van der Waals surface area contributed by atoms with Gasteiger partial charge in [-0.3, -0.25) is 14.5 Å². The SMILES string of the molecule is CN(CCOC(=O)c1ccc(COc2cccc(C(NC(=O)OC3CN4CCC3CC4)c3ccccc3)c2)cc1)C(=O)c1ccc(CNCC(O)c2ccc(O)c3[nH]c(=O)ccc23)cc1. The van der Waals surface area contributed by atoms with Crippen LogP contribution in [0.15, 0.2) is 132 Å². The summed E-state index contributed by atoms with van der Waals surface area (Å²) in [5.74, 6) is 0.228. The van der Waals surface area contributed by atoms with Crippen LogP contribution in [0.2, 0.25) is 0 Å². The van der Waals surface area contributed by atoms with E-state index in [1.165, 1.54) is 17.0 Å². The summed E-state index contributed by atoms with van der Waals surface area (Å²) in [4.78, 5) is 57.4. The van der Waals surface area contributed by atoms with Crippen molar-refractivity contribution in [1.29, 1.82) is 0 Å². The highest BCUT2D eigenvalue weighted by atomic mass is 16.6. The lowest BCUT2D eigenvalue weighted by molar-refractivity contribution is -0.0336. The Morgan fingerprint density at radius 2 is 1.57 bits per heavy atom. The molecule has 0 spiro atoms. The molecule has 3 aliphatic rings. The summed E-state index contributed by atoms with van der Waals surface area (Å²) in [7, 11) is 1.64. The van der Waals surface area contributed by atoms with Gasteiger partial charge in [-0.1, -0.05) is 72.8 Å². The quantitative estimate of drug-likeness (QED) is 0.0633. The number of likely N-dealkylation sites (N-methyl/N-ethyl adjacent to an activating group) is 1. The molecule has 9 rings (SSSR count). The lowest BCUT2D eigenvalue weighted by Crippen LogP contribution is -2.52. The molecule has 5 N–H and O–H groups in total. The maximum absolute atomic E-state index is 13.2. The lowest BCUT2D eigenvalue weighted by atomic mass is 9.86. The van der Waals surface area contributed by atoms with E-state index < -0.39 is 24.2 Å². The third-order valence-electron chi connectivity index (χ3n) is 12.2. The second-order valence-corrected chi connectivity index (χ2v) is 16.6. The number of nitrogens with one attached hydrogen (secondary N) is 3. The molecule has 3 unspecified atom stereocenters. The minimum Gasteiger partial charge on any atom is -0.506 e. The summed E-state index contributed by atoms with van der Waals surface area (Å²) < 4.78 is 17.6. The van der Waals surface area contributed by atoms with E-state index in [-0.39, 0.29) is 55.1 Å². The predicted molar refractivity (Wildman–Crippen MR) is 245 cm³/mol. The maximum atomic E-state index is 13.2. The molecular weight excluding hydrogens is 827 g/mol. The molecule has 5 aromatic carbocycles. The highest BCUT2D eigenvalue weighted by Crippen LogP contribution is 2.32. The number of alkyl carbamates (subject to hydrolysis) is 1. The average Bonchev–Trinajstić information content (AvgIpc) is 3.33. The number of carbonyl (C=O) groups is 3. The number of hydrogen-bond acceptors (Lipinski definition) is 11. The number of amides is 2. The van der Waals surface area contributed by atoms with Crippen LogP contribution >= 0.6 is 0 Å². The van der Waals surface area contributed by atoms with Crippen molar-refractivity contribution in [2.75, 3.05) is 46.4 Å². The van der Waals surface area contributed by atoms with Gasteiger partial charge in [-0.05, 0) is 108 Å². The average molecular weight is 880 g/mol. The minimum atomic E-state index is -0.898. The van der Waals surface area contributed by atoms with E-state index >= 15 is 0 Å². The van der Waals surface area contributed by atoms with Crippen molar-refractivity contribution in [3.8, 4) is 11.5 Å². The Balaban J connectivity index is 0.771. The molecular formula is C51H53N5O9. The Morgan fingerprint density at radius 3 is 2.31 bits per heavy atom. The van der Waals surface area contributed by atoms with Crippen LogP contribution in [-0.2, 0) is 22.6 Å². The number of rotatable bonds is 17. The molecule has 14 heteroatoms. The molecule has 6 aromatic rings. The number of piperidine rings is 3. The number of benzene rings is 5. The molecule has 65 heavy (non-hydrogen) atoms. The fourth-order valence-electron chi connectivity index (χ4n) is 8.48. The van der Waals surface area contributed by atoms with Crippen molar-refractivity contribution in [3.05, 3.63) is 177 Å². The molecule has 2 amide bonds. The molecule has 3 fully saturated rings. The van der Waals surface area contributed by atoms with E-state index in [4.69, 9.17) is 14.2 Å². The van der Waals surface area contributed by atoms with Crippen LogP contribution in [0.25, 0.3) is 10.9 Å². The Kier molecular flexibility index (Phi) is 14.2. The van der Waals surface area contributed by atoms with Crippen LogP contribution < -0.4 is 20.9 Å². The molecule has 0 saturated carbocycles. The van der Waals surface area contributed by atoms with E-state index in [0.717, 1.165) is 54.7 Å². The van der Waals surface area contributed by atoms with Gasteiger partial charge in [-0.15, -0.1) is 0 Å². The summed E-state index contributed by atoms with van der Waals surface area (Å²) in [5.41, 5.74) is 4.86. The van der Waals surface area contributed by atoms with E-state index in [1.54, 1.807) is 55.6 Å². The van der Waals surface area contributed by atoms with Gasteiger partial charge in [0.1, 0.15) is 30.8 Å². The van der Waals surface area contributed by atoms with Crippen molar-refractivity contribution in [3.63, 3.8) is 0 Å². The van der Waals surface area contributed by atoms with E-state index in [0.29, 0.717) is 40.3 Å². The van der Waals surface area contributed by atoms with Crippen LogP contribution in [0.3, 0.4) is 0 Å². The number of esters is 1. The van der Waals surface area contributed by atoms with Gasteiger partial charge in [0.2, 0.25) is 5.56 Å². The second-order valence-electron chi connectivity index (χ2n) is 16.6. The lowest BCUT2D eigenvalue weighted by Gasteiger charge is -2.43. The largest absolute Gasteiger partial charge is 0.506 e. The van der Waals surface area contributed by atoms with Crippen molar-refractivity contribution in [1.82, 2.24) is 25.4 Å². The second kappa shape index (κ2) is 20.7. The van der Waals surface area contributed by atoms with Crippen molar-refractivity contribution >= 4 is 28.9 Å². The van der Waals surface area contributed by atoms with Crippen LogP contribution in [0.5, 0.6) is 11.5 Å². The molecule has 0 aliphatic carbocycles. The van der Waals surface area contributed by atoms with Gasteiger partial charge < -0.3 is 44.9 Å². The zero-order valence-electron chi connectivity index (χ0n) is 36.2. The number of fused-ring (bicyclic) bond motifs is 4. The van der Waals surface area contributed by atoms with Gasteiger partial charge >= 0.3 is 12.1 Å². The zero-order valence-corrected chi connectivity index (χ0v) is 36.2. The number of aromatic nitrogens is 1. The third-order valence-corrected chi connectivity index (χ3v) is 12.2. The molecule has 336 valence electrons. The minimum absolute atomic E-state index is 0.00919. The molecule has 4 heterocycles. The van der Waals surface area contributed by atoms with E-state index in [2.05, 4.69) is 20.5 Å². The molecule has 14 nitrogen and oxygen atoms in total. The first-order valence-corrected chi connectivity index (χ1v) is 21.9. The molecule has 3 atom stereocenters. The van der Waals surface area contributed by atoms with Crippen LogP contribution in [-0.4, -0.2) is 95.4 Å². The Bertz CT molecular complexity index is 2650. The normalized spacial score (nSPS) is 17.5. The van der Waals surface area contributed by atoms with Gasteiger partial charge in [-0.2, -0.15) is 0 Å². The van der Waals surface area contributed by atoms with Crippen LogP contribution in [0, 0.1) is 5.92 Å². The first-order valence-electron chi connectivity index (χ1n) is 21.9. The molecule has 2 bridgehead atoms. The number of nitrogens with zero attached hydrogens (tertiary/aromatic N) is 2. The number of ether oxygens (including phenoxy) is 3. The number of phenolic OH excluding ortho intramolecular Hbond substituents is 1. The van der Waals surface area contributed by atoms with Crippen molar-refractivity contribution in [2.45, 2.75) is 44.2 Å². The number of pyridine rings is 1. The standard InChI is InChI=1S/C51H53N5O9/c1-55(49(60)37-14-10-33(11-15-37)29-52-30-44(58)41-18-20-43(57)48-42(41)19-21-46(59)53-48)26-27-63-50(61)38-16-12-34(13-17-38)32-64-40-9-5-8-39(28-40)47(36-6-3-2-4-7-36)54-51(62)65-45-31-56-24-22-35(45)23-25-56/h2-21,28,35,44-45,47,52,57-58H,22-27,29-32H2,1H3,(H,53,59)(H,54,62). The topological polar surface area (TPSA) is 183 Å². The fraction of sp³-hybridized carbons (Fsp3) is 0.294. The predicted octanol–water partition coefficient (Wildman–Crippen LogP) is 6.47. The Labute approximate surface area is 376 Å². The highest BCUT2D eigenvalue weighted by Gasteiger charge is 2.37. The van der Waals surface area contributed by atoms with E-state index in [9.17, 15) is 29.4 Å². The Morgan fingerprint density at radius 1 is 0.846 bits per heavy atom. The van der Waals surface area contributed by atoms with Crippen LogP contribution in [0.1, 0.15) is 73.5 Å². The molecule has 3 saturated heterocycles.